The largest absolute Gasteiger partial charge is 0.507 e. The Morgan fingerprint density at radius 3 is 2.56 bits per heavy atom. The number of ether oxygens (including phenoxy) is 1. The minimum atomic E-state index is -0.329. The Morgan fingerprint density at radius 2 is 1.91 bits per heavy atom. The molecular formula is C25H30N6O3. The smallest absolute Gasteiger partial charge is 0.306 e. The van der Waals surface area contributed by atoms with Gasteiger partial charge in [0.2, 0.25) is 0 Å². The number of para-hydroxylation sites is 1. The van der Waals surface area contributed by atoms with Gasteiger partial charge >= 0.3 is 5.97 Å². The van der Waals surface area contributed by atoms with Crippen molar-refractivity contribution < 1.29 is 14.6 Å². The van der Waals surface area contributed by atoms with Gasteiger partial charge in [-0.05, 0) is 57.5 Å². The molecule has 0 fully saturated rings. The molecule has 0 aliphatic heterocycles. The lowest BCUT2D eigenvalue weighted by Crippen LogP contribution is -2.23. The van der Waals surface area contributed by atoms with Crippen LogP contribution in [-0.4, -0.2) is 41.6 Å². The number of nitrogens with two attached hydrogens (primary N) is 1. The molecular weight excluding hydrogens is 432 g/mol. The third-order valence-corrected chi connectivity index (χ3v) is 4.68. The van der Waals surface area contributed by atoms with E-state index in [0.717, 1.165) is 18.5 Å². The second-order valence-electron chi connectivity index (χ2n) is 8.68. The molecule has 178 valence electrons. The second kappa shape index (κ2) is 10.7. The van der Waals surface area contributed by atoms with E-state index in [4.69, 9.17) is 10.5 Å². The van der Waals surface area contributed by atoms with E-state index >= 15 is 0 Å². The van der Waals surface area contributed by atoms with Crippen molar-refractivity contribution in [3.63, 3.8) is 0 Å². The van der Waals surface area contributed by atoms with E-state index in [1.165, 1.54) is 0 Å². The molecule has 0 aliphatic rings. The van der Waals surface area contributed by atoms with Crippen LogP contribution in [0.15, 0.2) is 54.9 Å². The van der Waals surface area contributed by atoms with E-state index in [1.807, 2.05) is 39.0 Å². The van der Waals surface area contributed by atoms with E-state index in [2.05, 4.69) is 27.2 Å². The molecule has 3 aromatic heterocycles. The van der Waals surface area contributed by atoms with Crippen molar-refractivity contribution in [1.29, 1.82) is 0 Å². The predicted molar refractivity (Wildman–Crippen MR) is 131 cm³/mol. The van der Waals surface area contributed by atoms with Gasteiger partial charge in [-0.1, -0.05) is 25.5 Å². The highest BCUT2D eigenvalue weighted by atomic mass is 16.6. The quantitative estimate of drug-likeness (QED) is 0.409. The molecule has 3 N–H and O–H groups in total. The van der Waals surface area contributed by atoms with Crippen molar-refractivity contribution in [2.45, 2.75) is 52.6 Å². The molecule has 0 atom stereocenters. The summed E-state index contributed by atoms with van der Waals surface area (Å²) in [4.78, 5) is 15.1. The van der Waals surface area contributed by atoms with Gasteiger partial charge in [-0.15, -0.1) is 15.3 Å². The zero-order chi connectivity index (χ0) is 24.7. The number of hydrogen-bond donors (Lipinski definition) is 2. The standard InChI is InChI=1S/C16H12N6O.C9H18O2/c17-16-15-13(22(21-16)10-4-3-7-18-9-10)8-12(19-20-15)11-5-1-2-6-14(11)23;1-5-6-7-8(10)11-9(2,3)4/h1-9,23H,(H2,17,21);5-7H2,1-4H3. The van der Waals surface area contributed by atoms with Gasteiger partial charge in [-0.3, -0.25) is 9.78 Å². The Balaban J connectivity index is 0.000000252. The average Bonchev–Trinajstić information content (AvgIpc) is 3.14. The van der Waals surface area contributed by atoms with Crippen LogP contribution in [0.4, 0.5) is 5.82 Å². The molecule has 0 amide bonds. The number of pyridine rings is 1. The van der Waals surface area contributed by atoms with Crippen LogP contribution in [0.5, 0.6) is 5.75 Å². The number of phenols is 1. The maximum absolute atomic E-state index is 11.0. The van der Waals surface area contributed by atoms with Crippen molar-refractivity contribution in [2.75, 3.05) is 5.73 Å². The van der Waals surface area contributed by atoms with Crippen molar-refractivity contribution in [1.82, 2.24) is 25.0 Å². The zero-order valence-corrected chi connectivity index (χ0v) is 19.9. The first-order valence-electron chi connectivity index (χ1n) is 11.1. The third-order valence-electron chi connectivity index (χ3n) is 4.68. The molecule has 0 spiro atoms. The Labute approximate surface area is 198 Å². The number of fused-ring (bicyclic) bond motifs is 1. The predicted octanol–water partition coefficient (Wildman–Crippen LogP) is 4.68. The summed E-state index contributed by atoms with van der Waals surface area (Å²) in [6.07, 6.45) is 5.89. The zero-order valence-electron chi connectivity index (χ0n) is 19.9. The lowest BCUT2D eigenvalue weighted by Gasteiger charge is -2.19. The topological polar surface area (TPSA) is 129 Å². The van der Waals surface area contributed by atoms with Gasteiger partial charge in [0.05, 0.1) is 23.1 Å². The fourth-order valence-corrected chi connectivity index (χ4v) is 3.15. The molecule has 0 saturated heterocycles. The SMILES string of the molecule is CCCCC(=O)OC(C)(C)C.Nc1nn(-c2cccnc2)c2cc(-c3ccccc3O)nnc12. The van der Waals surface area contributed by atoms with Gasteiger partial charge in [0.1, 0.15) is 11.4 Å². The van der Waals surface area contributed by atoms with Crippen LogP contribution >= 0.6 is 0 Å². The van der Waals surface area contributed by atoms with E-state index in [9.17, 15) is 9.90 Å². The van der Waals surface area contributed by atoms with Crippen LogP contribution in [0, 0.1) is 0 Å². The van der Waals surface area contributed by atoms with Crippen LogP contribution in [0.25, 0.3) is 28.0 Å². The maximum Gasteiger partial charge on any atom is 0.306 e. The Bertz CT molecular complexity index is 1250. The summed E-state index contributed by atoms with van der Waals surface area (Å²) in [5.74, 6) is 0.348. The molecule has 9 heteroatoms. The maximum atomic E-state index is 11.0. The van der Waals surface area contributed by atoms with Gasteiger partial charge in [-0.2, -0.15) is 0 Å². The van der Waals surface area contributed by atoms with E-state index in [1.54, 1.807) is 41.3 Å². The molecule has 9 nitrogen and oxygen atoms in total. The Kier molecular flexibility index (Phi) is 7.78. The summed E-state index contributed by atoms with van der Waals surface area (Å²) in [6, 6.07) is 12.5. The van der Waals surface area contributed by atoms with Crippen molar-refractivity contribution in [3.05, 3.63) is 54.9 Å². The number of carbonyl (C=O) groups excluding carboxylic acids is 1. The molecule has 3 heterocycles. The van der Waals surface area contributed by atoms with E-state index in [-0.39, 0.29) is 17.3 Å². The number of benzene rings is 1. The molecule has 34 heavy (non-hydrogen) atoms. The third kappa shape index (κ3) is 6.28. The summed E-state index contributed by atoms with van der Waals surface area (Å²) in [6.45, 7) is 7.72. The van der Waals surface area contributed by atoms with Crippen LogP contribution in [0.2, 0.25) is 0 Å². The van der Waals surface area contributed by atoms with Gasteiger partial charge in [-0.25, -0.2) is 4.68 Å². The number of aromatic nitrogens is 5. The summed E-state index contributed by atoms with van der Waals surface area (Å²) in [5, 5.41) is 22.6. The van der Waals surface area contributed by atoms with Crippen LogP contribution in [-0.2, 0) is 9.53 Å². The molecule has 0 radical (unpaired) electrons. The normalized spacial score (nSPS) is 11.1. The highest BCUT2D eigenvalue weighted by Crippen LogP contribution is 2.30. The Morgan fingerprint density at radius 1 is 1.15 bits per heavy atom. The number of carbonyl (C=O) groups is 1. The number of phenolic OH excluding ortho intramolecular Hbond substituents is 1. The number of hydrogen-bond acceptors (Lipinski definition) is 8. The van der Waals surface area contributed by atoms with Crippen molar-refractivity contribution in [3.8, 4) is 22.7 Å². The number of anilines is 1. The lowest BCUT2D eigenvalue weighted by atomic mass is 10.1. The minimum absolute atomic E-state index is 0.0839. The van der Waals surface area contributed by atoms with Gasteiger partial charge in [0.15, 0.2) is 11.3 Å². The van der Waals surface area contributed by atoms with Crippen LogP contribution in [0.3, 0.4) is 0 Å². The van der Waals surface area contributed by atoms with Crippen molar-refractivity contribution >= 4 is 22.8 Å². The number of esters is 1. The number of nitrogen functional groups attached to an aromatic ring is 1. The summed E-state index contributed by atoms with van der Waals surface area (Å²) >= 11 is 0. The number of rotatable bonds is 5. The Hall–Kier alpha value is -4.01. The first kappa shape index (κ1) is 24.6. The summed E-state index contributed by atoms with van der Waals surface area (Å²) in [5.41, 5.74) is 8.71. The molecule has 0 saturated carbocycles. The first-order valence-corrected chi connectivity index (χ1v) is 11.1. The summed E-state index contributed by atoms with van der Waals surface area (Å²) in [7, 11) is 0. The highest BCUT2D eigenvalue weighted by Gasteiger charge is 2.16. The summed E-state index contributed by atoms with van der Waals surface area (Å²) < 4.78 is 6.76. The van der Waals surface area contributed by atoms with Crippen LogP contribution in [0.1, 0.15) is 47.0 Å². The van der Waals surface area contributed by atoms with Crippen LogP contribution < -0.4 is 5.73 Å². The molecule has 4 rings (SSSR count). The molecule has 0 aliphatic carbocycles. The average molecular weight is 463 g/mol. The molecule has 4 aromatic rings. The van der Waals surface area contributed by atoms with E-state index < -0.39 is 0 Å². The van der Waals surface area contributed by atoms with Gasteiger partial charge in [0.25, 0.3) is 0 Å². The number of aromatic hydroxyl groups is 1. The number of unbranched alkanes of at least 4 members (excludes halogenated alkanes) is 1. The van der Waals surface area contributed by atoms with Gasteiger partial charge < -0.3 is 15.6 Å². The lowest BCUT2D eigenvalue weighted by molar-refractivity contribution is -0.154. The fraction of sp³-hybridized carbons (Fsp3) is 0.320. The van der Waals surface area contributed by atoms with E-state index in [0.29, 0.717) is 34.5 Å². The fourth-order valence-electron chi connectivity index (χ4n) is 3.15. The monoisotopic (exact) mass is 462 g/mol. The number of nitrogens with zero attached hydrogens (tertiary/aromatic N) is 5. The molecule has 0 bridgehead atoms. The highest BCUT2D eigenvalue weighted by molar-refractivity contribution is 5.88. The second-order valence-corrected chi connectivity index (χ2v) is 8.68. The van der Waals surface area contributed by atoms with Gasteiger partial charge in [0, 0.05) is 18.2 Å². The molecule has 0 unspecified atom stereocenters. The minimum Gasteiger partial charge on any atom is -0.507 e. The first-order chi connectivity index (χ1) is 16.2. The van der Waals surface area contributed by atoms with Crippen molar-refractivity contribution in [2.24, 2.45) is 0 Å². The molecule has 1 aromatic carbocycles.